The second-order valence-corrected chi connectivity index (χ2v) is 5.65. The Morgan fingerprint density at radius 3 is 2.44 bits per heavy atom. The van der Waals surface area contributed by atoms with Crippen molar-refractivity contribution in [2.75, 3.05) is 6.54 Å². The molecule has 0 aromatic rings. The van der Waals surface area contributed by atoms with Crippen LogP contribution in [0.25, 0.3) is 0 Å². The van der Waals surface area contributed by atoms with Gasteiger partial charge < -0.3 is 15.3 Å². The van der Waals surface area contributed by atoms with Gasteiger partial charge in [0.05, 0.1) is 5.92 Å². The fourth-order valence-corrected chi connectivity index (χ4v) is 2.62. The van der Waals surface area contributed by atoms with Crippen molar-refractivity contribution in [2.45, 2.75) is 52.6 Å². The summed E-state index contributed by atoms with van der Waals surface area (Å²) in [5, 5.41) is 12.0. The first-order valence-corrected chi connectivity index (χ1v) is 6.62. The number of urea groups is 1. The zero-order chi connectivity index (χ0) is 13.9. The Hall–Kier alpha value is -1.26. The van der Waals surface area contributed by atoms with Gasteiger partial charge in [-0.15, -0.1) is 0 Å². The smallest absolute Gasteiger partial charge is 0.317 e. The molecule has 0 aliphatic carbocycles. The number of nitrogens with zero attached hydrogens (tertiary/aromatic N) is 1. The van der Waals surface area contributed by atoms with Crippen LogP contribution in [0.15, 0.2) is 0 Å². The molecule has 18 heavy (non-hydrogen) atoms. The van der Waals surface area contributed by atoms with Gasteiger partial charge in [-0.2, -0.15) is 0 Å². The predicted molar refractivity (Wildman–Crippen MR) is 69.4 cm³/mol. The lowest BCUT2D eigenvalue weighted by molar-refractivity contribution is -0.142. The molecule has 1 aliphatic heterocycles. The highest BCUT2D eigenvalue weighted by Crippen LogP contribution is 2.24. The van der Waals surface area contributed by atoms with Crippen LogP contribution in [0.1, 0.15) is 40.5 Å². The molecule has 5 nitrogen and oxygen atoms in total. The summed E-state index contributed by atoms with van der Waals surface area (Å²) in [6, 6.07) is -0.248. The summed E-state index contributed by atoms with van der Waals surface area (Å²) in [5.74, 6) is -0.716. The average Bonchev–Trinajstić information content (AvgIpc) is 2.58. The maximum absolute atomic E-state index is 12.0. The van der Waals surface area contributed by atoms with Gasteiger partial charge in [0.2, 0.25) is 0 Å². The molecule has 104 valence electrons. The summed E-state index contributed by atoms with van der Waals surface area (Å²) in [7, 11) is 0. The Labute approximate surface area is 109 Å². The molecule has 3 atom stereocenters. The number of carbonyl (C=O) groups excluding carboxylic acids is 1. The van der Waals surface area contributed by atoms with Gasteiger partial charge in [-0.25, -0.2) is 4.79 Å². The van der Waals surface area contributed by atoms with Gasteiger partial charge in [-0.1, -0.05) is 13.8 Å². The summed E-state index contributed by atoms with van der Waals surface area (Å²) >= 11 is 0. The van der Waals surface area contributed by atoms with E-state index < -0.39 is 11.9 Å². The molecule has 2 amide bonds. The van der Waals surface area contributed by atoms with Gasteiger partial charge in [-0.3, -0.25) is 4.79 Å². The fourth-order valence-electron chi connectivity index (χ4n) is 2.62. The highest BCUT2D eigenvalue weighted by Gasteiger charge is 2.38. The van der Waals surface area contributed by atoms with Crippen LogP contribution < -0.4 is 5.32 Å². The molecule has 0 saturated carbocycles. The zero-order valence-electron chi connectivity index (χ0n) is 11.6. The minimum Gasteiger partial charge on any atom is -0.481 e. The first kappa shape index (κ1) is 14.8. The molecule has 1 rings (SSSR count). The molecule has 0 spiro atoms. The van der Waals surface area contributed by atoms with Gasteiger partial charge in [0.25, 0.3) is 0 Å². The van der Waals surface area contributed by atoms with Crippen molar-refractivity contribution in [1.82, 2.24) is 10.2 Å². The predicted octanol–water partition coefficient (Wildman–Crippen LogP) is 1.93. The summed E-state index contributed by atoms with van der Waals surface area (Å²) in [6.45, 7) is 8.54. The third kappa shape index (κ3) is 3.62. The summed E-state index contributed by atoms with van der Waals surface area (Å²) < 4.78 is 0. The molecule has 3 unspecified atom stereocenters. The number of hydrogen-bond donors (Lipinski definition) is 2. The lowest BCUT2D eigenvalue weighted by Crippen LogP contribution is -2.47. The van der Waals surface area contributed by atoms with Crippen molar-refractivity contribution in [3.63, 3.8) is 0 Å². The summed E-state index contributed by atoms with van der Waals surface area (Å²) in [5.41, 5.74) is 0. The molecule has 1 heterocycles. The van der Waals surface area contributed by atoms with Crippen molar-refractivity contribution in [3.8, 4) is 0 Å². The molecule has 1 saturated heterocycles. The van der Waals surface area contributed by atoms with E-state index in [0.717, 1.165) is 6.42 Å². The van der Waals surface area contributed by atoms with Gasteiger partial charge in [-0.05, 0) is 32.6 Å². The lowest BCUT2D eigenvalue weighted by Gasteiger charge is -2.26. The molecule has 2 N–H and O–H groups in total. The highest BCUT2D eigenvalue weighted by atomic mass is 16.4. The molecule has 1 fully saturated rings. The van der Waals surface area contributed by atoms with Crippen LogP contribution in [0.4, 0.5) is 4.79 Å². The van der Waals surface area contributed by atoms with Crippen LogP contribution in [-0.2, 0) is 4.79 Å². The topological polar surface area (TPSA) is 69.6 Å². The normalized spacial score (nSPS) is 25.3. The Morgan fingerprint density at radius 2 is 2.00 bits per heavy atom. The molecule has 5 heteroatoms. The summed E-state index contributed by atoms with van der Waals surface area (Å²) in [4.78, 5) is 24.7. The quantitative estimate of drug-likeness (QED) is 0.807. The first-order valence-electron chi connectivity index (χ1n) is 6.62. The number of hydrogen-bond acceptors (Lipinski definition) is 2. The maximum atomic E-state index is 12.0. The Morgan fingerprint density at radius 1 is 1.39 bits per heavy atom. The highest BCUT2D eigenvalue weighted by molar-refractivity contribution is 5.78. The van der Waals surface area contributed by atoms with Gasteiger partial charge in [0.1, 0.15) is 0 Å². The first-order chi connectivity index (χ1) is 8.32. The molecule has 1 aliphatic rings. The van der Waals surface area contributed by atoms with Crippen LogP contribution in [-0.4, -0.2) is 40.6 Å². The second-order valence-electron chi connectivity index (χ2n) is 5.65. The molecular weight excluding hydrogens is 232 g/mol. The van der Waals surface area contributed by atoms with Gasteiger partial charge in [0.15, 0.2) is 0 Å². The standard InChI is InChI=1S/C13H24N2O3/c1-8(2)7-9(3)14-13(18)15-6-5-11(10(15)4)12(16)17/h8-11H,5-7H2,1-4H3,(H,14,18)(H,16,17). The largest absolute Gasteiger partial charge is 0.481 e. The van der Waals surface area contributed by atoms with E-state index in [0.29, 0.717) is 18.9 Å². The van der Waals surface area contributed by atoms with Crippen molar-refractivity contribution in [2.24, 2.45) is 11.8 Å². The Balaban J connectivity index is 2.51. The maximum Gasteiger partial charge on any atom is 0.317 e. The number of rotatable bonds is 4. The molecule has 0 radical (unpaired) electrons. The second kappa shape index (κ2) is 6.07. The van der Waals surface area contributed by atoms with E-state index in [9.17, 15) is 9.59 Å². The van der Waals surface area contributed by atoms with E-state index in [1.165, 1.54) is 0 Å². The van der Waals surface area contributed by atoms with Crippen molar-refractivity contribution >= 4 is 12.0 Å². The van der Waals surface area contributed by atoms with Gasteiger partial charge >= 0.3 is 12.0 Å². The molecule has 0 aromatic carbocycles. The van der Waals surface area contributed by atoms with Crippen LogP contribution in [0.2, 0.25) is 0 Å². The van der Waals surface area contributed by atoms with E-state index in [1.807, 2.05) is 6.92 Å². The number of carbonyl (C=O) groups is 2. The number of likely N-dealkylation sites (tertiary alicyclic amines) is 1. The third-order valence-corrected chi connectivity index (χ3v) is 3.53. The molecular formula is C13H24N2O3. The minimum atomic E-state index is -0.812. The average molecular weight is 256 g/mol. The Kier molecular flexibility index (Phi) is 4.99. The van der Waals surface area contributed by atoms with E-state index in [-0.39, 0.29) is 18.1 Å². The van der Waals surface area contributed by atoms with Gasteiger partial charge in [0, 0.05) is 18.6 Å². The van der Waals surface area contributed by atoms with Crippen molar-refractivity contribution < 1.29 is 14.7 Å². The van der Waals surface area contributed by atoms with Crippen molar-refractivity contribution in [1.29, 1.82) is 0 Å². The number of carboxylic acids is 1. The van der Waals surface area contributed by atoms with E-state index in [2.05, 4.69) is 19.2 Å². The van der Waals surface area contributed by atoms with Crippen LogP contribution in [0, 0.1) is 11.8 Å². The summed E-state index contributed by atoms with van der Waals surface area (Å²) in [6.07, 6.45) is 1.47. The fraction of sp³-hybridized carbons (Fsp3) is 0.846. The van der Waals surface area contributed by atoms with Crippen LogP contribution in [0.3, 0.4) is 0 Å². The monoisotopic (exact) mass is 256 g/mol. The zero-order valence-corrected chi connectivity index (χ0v) is 11.6. The third-order valence-electron chi connectivity index (χ3n) is 3.53. The Bertz CT molecular complexity index is 317. The van der Waals surface area contributed by atoms with E-state index in [1.54, 1.807) is 11.8 Å². The number of carboxylic acid groups (broad SMARTS) is 1. The minimum absolute atomic E-state index is 0.119. The molecule has 0 bridgehead atoms. The number of nitrogens with one attached hydrogen (secondary N) is 1. The number of aliphatic carboxylic acids is 1. The van der Waals surface area contributed by atoms with Crippen molar-refractivity contribution in [3.05, 3.63) is 0 Å². The lowest BCUT2D eigenvalue weighted by atomic mass is 10.0. The van der Waals surface area contributed by atoms with Crippen LogP contribution >= 0.6 is 0 Å². The van der Waals surface area contributed by atoms with E-state index >= 15 is 0 Å². The number of amides is 2. The van der Waals surface area contributed by atoms with Crippen LogP contribution in [0.5, 0.6) is 0 Å². The van der Waals surface area contributed by atoms with E-state index in [4.69, 9.17) is 5.11 Å². The molecule has 0 aromatic heterocycles. The SMILES string of the molecule is CC(C)CC(C)NC(=O)N1CCC(C(=O)O)C1C.